The van der Waals surface area contributed by atoms with Gasteiger partial charge in [-0.1, -0.05) is 18.2 Å². The highest BCUT2D eigenvalue weighted by molar-refractivity contribution is 6.25. The quantitative estimate of drug-likeness (QED) is 0.222. The number of amides is 3. The molecule has 2 atom stereocenters. The Balaban J connectivity index is 1.57. The normalized spacial score (nSPS) is 18.8. The van der Waals surface area contributed by atoms with Crippen LogP contribution in [0.25, 0.3) is 0 Å². The van der Waals surface area contributed by atoms with E-state index in [1.165, 1.54) is 17.0 Å². The van der Waals surface area contributed by atoms with Gasteiger partial charge in [0.1, 0.15) is 17.6 Å². The summed E-state index contributed by atoms with van der Waals surface area (Å²) in [6, 6.07) is 12.6. The van der Waals surface area contributed by atoms with E-state index in [-0.39, 0.29) is 22.5 Å². The van der Waals surface area contributed by atoms with Crippen LogP contribution in [0.3, 0.4) is 0 Å². The van der Waals surface area contributed by atoms with E-state index in [0.717, 1.165) is 17.0 Å². The lowest BCUT2D eigenvalue weighted by atomic mass is 9.86. The van der Waals surface area contributed by atoms with Crippen molar-refractivity contribution in [1.82, 2.24) is 4.90 Å². The zero-order valence-electron chi connectivity index (χ0n) is 19.3. The molecule has 182 valence electrons. The topological polar surface area (TPSA) is 110 Å². The van der Waals surface area contributed by atoms with Crippen molar-refractivity contribution in [1.29, 1.82) is 0 Å². The Morgan fingerprint density at radius 3 is 2.25 bits per heavy atom. The van der Waals surface area contributed by atoms with Crippen molar-refractivity contribution in [3.8, 4) is 5.75 Å². The zero-order chi connectivity index (χ0) is 25.7. The first kappa shape index (κ1) is 23.2. The van der Waals surface area contributed by atoms with Gasteiger partial charge in [-0.25, -0.2) is 4.39 Å². The molecule has 3 amide bonds. The standard InChI is InChI=1S/C26H20FN3O6/c1-3-36-18-9-5-15(6-10-18)22-23(26(33)28(22)16-7-4-14(2)21(27)13-16)29-24(31)19-11-8-17(30(34)35)12-20(19)25(29)32/h4-13,22-23H,3H2,1-2H3/t22-,23+/m0/s1. The summed E-state index contributed by atoms with van der Waals surface area (Å²) in [6.45, 7) is 3.90. The summed E-state index contributed by atoms with van der Waals surface area (Å²) in [5.41, 5.74) is 0.812. The Labute approximate surface area is 204 Å². The van der Waals surface area contributed by atoms with Crippen molar-refractivity contribution in [2.24, 2.45) is 0 Å². The molecule has 1 saturated heterocycles. The molecule has 5 rings (SSSR count). The number of ether oxygens (including phenoxy) is 1. The molecule has 0 saturated carbocycles. The van der Waals surface area contributed by atoms with Gasteiger partial charge in [0, 0.05) is 17.8 Å². The average Bonchev–Trinajstić information content (AvgIpc) is 3.10. The largest absolute Gasteiger partial charge is 0.494 e. The van der Waals surface area contributed by atoms with Gasteiger partial charge >= 0.3 is 0 Å². The van der Waals surface area contributed by atoms with Gasteiger partial charge in [0.25, 0.3) is 23.4 Å². The number of β-lactam (4-membered cyclic amide) rings is 1. The number of aryl methyl sites for hydroxylation is 1. The maximum absolute atomic E-state index is 14.4. The summed E-state index contributed by atoms with van der Waals surface area (Å²) < 4.78 is 19.9. The third kappa shape index (κ3) is 3.49. The van der Waals surface area contributed by atoms with Crippen LogP contribution in [0.2, 0.25) is 0 Å². The summed E-state index contributed by atoms with van der Waals surface area (Å²) in [5.74, 6) is -1.97. The van der Waals surface area contributed by atoms with Crippen molar-refractivity contribution in [3.05, 3.63) is 98.8 Å². The second kappa shape index (κ2) is 8.56. The monoisotopic (exact) mass is 489 g/mol. The van der Waals surface area contributed by atoms with Crippen molar-refractivity contribution < 1.29 is 28.4 Å². The molecule has 10 heteroatoms. The van der Waals surface area contributed by atoms with Gasteiger partial charge in [-0.15, -0.1) is 0 Å². The number of carbonyl (C=O) groups excluding carboxylic acids is 3. The predicted octanol–water partition coefficient (Wildman–Crippen LogP) is 4.19. The van der Waals surface area contributed by atoms with Crippen molar-refractivity contribution >= 4 is 29.1 Å². The molecule has 0 unspecified atom stereocenters. The number of hydrogen-bond acceptors (Lipinski definition) is 6. The van der Waals surface area contributed by atoms with Crippen molar-refractivity contribution in [2.75, 3.05) is 11.5 Å². The van der Waals surface area contributed by atoms with E-state index in [4.69, 9.17) is 4.74 Å². The smallest absolute Gasteiger partial charge is 0.270 e. The van der Waals surface area contributed by atoms with Crippen LogP contribution in [-0.2, 0) is 4.79 Å². The SMILES string of the molecule is CCOc1ccc([C@H]2[C@@H](N3C(=O)c4ccc([N+](=O)[O-])cc4C3=O)C(=O)N2c2ccc(C)c(F)c2)cc1. The number of imide groups is 1. The number of non-ortho nitro benzene ring substituents is 1. The molecule has 0 bridgehead atoms. The van der Waals surface area contributed by atoms with Crippen LogP contribution < -0.4 is 9.64 Å². The highest BCUT2D eigenvalue weighted by Crippen LogP contribution is 2.45. The summed E-state index contributed by atoms with van der Waals surface area (Å²) in [5, 5.41) is 11.2. The van der Waals surface area contributed by atoms with Crippen LogP contribution in [0.15, 0.2) is 60.7 Å². The van der Waals surface area contributed by atoms with Gasteiger partial charge in [-0.05, 0) is 55.3 Å². The maximum Gasteiger partial charge on any atom is 0.270 e. The molecule has 0 N–H and O–H groups in total. The summed E-state index contributed by atoms with van der Waals surface area (Å²) in [4.78, 5) is 52.6. The van der Waals surface area contributed by atoms with Crippen LogP contribution in [0, 0.1) is 22.9 Å². The van der Waals surface area contributed by atoms with Crippen LogP contribution >= 0.6 is 0 Å². The maximum atomic E-state index is 14.4. The molecule has 3 aromatic rings. The van der Waals surface area contributed by atoms with E-state index in [2.05, 4.69) is 0 Å². The minimum absolute atomic E-state index is 0.0105. The third-order valence-electron chi connectivity index (χ3n) is 6.42. The van der Waals surface area contributed by atoms with E-state index in [1.807, 2.05) is 6.92 Å². The van der Waals surface area contributed by atoms with E-state index in [9.17, 15) is 28.9 Å². The Bertz CT molecular complexity index is 1440. The Morgan fingerprint density at radius 2 is 1.61 bits per heavy atom. The first-order valence-electron chi connectivity index (χ1n) is 11.2. The number of nitrogens with zero attached hydrogens (tertiary/aromatic N) is 3. The molecule has 9 nitrogen and oxygen atoms in total. The number of halogens is 1. The number of carbonyl (C=O) groups is 3. The molecule has 0 radical (unpaired) electrons. The fourth-order valence-electron chi connectivity index (χ4n) is 4.62. The predicted molar refractivity (Wildman–Crippen MR) is 126 cm³/mol. The lowest BCUT2D eigenvalue weighted by Gasteiger charge is -2.49. The molecule has 1 fully saturated rings. The van der Waals surface area contributed by atoms with E-state index < -0.39 is 40.5 Å². The van der Waals surface area contributed by atoms with E-state index >= 15 is 0 Å². The number of nitro benzene ring substituents is 1. The van der Waals surface area contributed by atoms with Crippen LogP contribution in [0.1, 0.15) is 44.8 Å². The first-order chi connectivity index (χ1) is 17.2. The Morgan fingerprint density at radius 1 is 0.917 bits per heavy atom. The molecular weight excluding hydrogens is 469 g/mol. The lowest BCUT2D eigenvalue weighted by Crippen LogP contribution is -2.67. The molecular formula is C26H20FN3O6. The van der Waals surface area contributed by atoms with E-state index in [1.54, 1.807) is 43.3 Å². The van der Waals surface area contributed by atoms with Gasteiger partial charge in [0.05, 0.1) is 28.7 Å². The second-order valence-corrected chi connectivity index (χ2v) is 8.50. The minimum atomic E-state index is -1.21. The number of fused-ring (bicyclic) bond motifs is 1. The molecule has 3 aromatic carbocycles. The van der Waals surface area contributed by atoms with Crippen molar-refractivity contribution in [3.63, 3.8) is 0 Å². The number of benzene rings is 3. The molecule has 0 aromatic heterocycles. The Kier molecular flexibility index (Phi) is 5.51. The molecule has 0 aliphatic carbocycles. The number of nitro groups is 1. The molecule has 36 heavy (non-hydrogen) atoms. The molecule has 2 aliphatic rings. The molecule has 2 aliphatic heterocycles. The average molecular weight is 489 g/mol. The summed E-state index contributed by atoms with van der Waals surface area (Å²) in [7, 11) is 0. The minimum Gasteiger partial charge on any atom is -0.494 e. The number of rotatable bonds is 6. The van der Waals surface area contributed by atoms with Gasteiger partial charge in [-0.3, -0.25) is 29.4 Å². The fraction of sp³-hybridized carbons (Fsp3) is 0.192. The number of hydrogen-bond donors (Lipinski definition) is 0. The van der Waals surface area contributed by atoms with Crippen molar-refractivity contribution in [2.45, 2.75) is 25.9 Å². The third-order valence-corrected chi connectivity index (χ3v) is 6.42. The second-order valence-electron chi connectivity index (χ2n) is 8.50. The zero-order valence-corrected chi connectivity index (χ0v) is 19.3. The number of anilines is 1. The van der Waals surface area contributed by atoms with Crippen LogP contribution in [0.4, 0.5) is 15.8 Å². The molecule has 0 spiro atoms. The van der Waals surface area contributed by atoms with Gasteiger partial charge in [0.2, 0.25) is 0 Å². The van der Waals surface area contributed by atoms with Crippen LogP contribution in [0.5, 0.6) is 5.75 Å². The molecule has 2 heterocycles. The summed E-state index contributed by atoms with van der Waals surface area (Å²) >= 11 is 0. The van der Waals surface area contributed by atoms with Gasteiger partial charge < -0.3 is 9.64 Å². The van der Waals surface area contributed by atoms with Gasteiger partial charge in [-0.2, -0.15) is 0 Å². The van der Waals surface area contributed by atoms with Gasteiger partial charge in [0.15, 0.2) is 0 Å². The highest BCUT2D eigenvalue weighted by Gasteiger charge is 2.57. The fourth-order valence-corrected chi connectivity index (χ4v) is 4.62. The van der Waals surface area contributed by atoms with E-state index in [0.29, 0.717) is 23.5 Å². The summed E-state index contributed by atoms with van der Waals surface area (Å²) in [6.07, 6.45) is 0. The highest BCUT2D eigenvalue weighted by atomic mass is 19.1. The lowest BCUT2D eigenvalue weighted by molar-refractivity contribution is -0.384. The Hall–Kier alpha value is -4.60. The van der Waals surface area contributed by atoms with Crippen LogP contribution in [-0.4, -0.2) is 40.2 Å². The first-order valence-corrected chi connectivity index (χ1v) is 11.2.